The van der Waals surface area contributed by atoms with Crippen LogP contribution in [-0.4, -0.2) is 14.7 Å². The van der Waals surface area contributed by atoms with Gasteiger partial charge in [0.05, 0.1) is 5.56 Å². The highest BCUT2D eigenvalue weighted by Crippen LogP contribution is 2.11. The van der Waals surface area contributed by atoms with Gasteiger partial charge in [0.2, 0.25) is 5.88 Å². The number of rotatable bonds is 3. The minimum Gasteiger partial charge on any atom is -0.494 e. The maximum atomic E-state index is 11.5. The van der Waals surface area contributed by atoms with E-state index in [1.165, 1.54) is 11.5 Å². The van der Waals surface area contributed by atoms with E-state index < -0.39 is 11.2 Å². The highest BCUT2D eigenvalue weighted by molar-refractivity contribution is 7.07. The molecule has 0 saturated carbocycles. The molecule has 2 rings (SSSR count). The van der Waals surface area contributed by atoms with Crippen molar-refractivity contribution in [3.05, 3.63) is 48.8 Å². The molecule has 17 heavy (non-hydrogen) atoms. The molecule has 2 aromatic heterocycles. The van der Waals surface area contributed by atoms with Crippen LogP contribution in [0.4, 0.5) is 0 Å². The third kappa shape index (κ3) is 2.31. The molecule has 0 atom stereocenters. The lowest BCUT2D eigenvalue weighted by Gasteiger charge is -2.08. The fourth-order valence-corrected chi connectivity index (χ4v) is 2.24. The molecule has 0 unspecified atom stereocenters. The molecule has 2 N–H and O–H groups in total. The molecule has 0 aromatic carbocycles. The maximum absolute atomic E-state index is 11.5. The molecular weight excluding hydrogens is 240 g/mol. The van der Waals surface area contributed by atoms with Crippen LogP contribution in [0.1, 0.15) is 11.1 Å². The molecule has 0 aliphatic carbocycles. The molecular formula is C11H12N2O3S. The third-order valence-electron chi connectivity index (χ3n) is 2.60. The zero-order chi connectivity index (χ0) is 12.4. The van der Waals surface area contributed by atoms with E-state index in [-0.39, 0.29) is 11.4 Å². The van der Waals surface area contributed by atoms with Gasteiger partial charge < -0.3 is 5.11 Å². The molecule has 5 nitrogen and oxygen atoms in total. The zero-order valence-electron chi connectivity index (χ0n) is 9.27. The molecule has 2 heterocycles. The third-order valence-corrected chi connectivity index (χ3v) is 3.33. The van der Waals surface area contributed by atoms with Crippen molar-refractivity contribution in [3.63, 3.8) is 0 Å². The van der Waals surface area contributed by atoms with Gasteiger partial charge in [-0.3, -0.25) is 14.3 Å². The monoisotopic (exact) mass is 252 g/mol. The quantitative estimate of drug-likeness (QED) is 0.850. The molecule has 90 valence electrons. The van der Waals surface area contributed by atoms with Gasteiger partial charge in [-0.2, -0.15) is 11.3 Å². The van der Waals surface area contributed by atoms with E-state index in [0.29, 0.717) is 13.0 Å². The Hall–Kier alpha value is -1.82. The molecule has 0 spiro atoms. The summed E-state index contributed by atoms with van der Waals surface area (Å²) in [5, 5.41) is 13.7. The summed E-state index contributed by atoms with van der Waals surface area (Å²) in [7, 11) is 0. The lowest BCUT2D eigenvalue weighted by atomic mass is 10.2. The molecule has 6 heteroatoms. The van der Waals surface area contributed by atoms with E-state index in [0.717, 1.165) is 5.56 Å². The molecule has 0 fully saturated rings. The van der Waals surface area contributed by atoms with Crippen LogP contribution >= 0.6 is 11.3 Å². The number of hydrogen-bond acceptors (Lipinski definition) is 4. The number of H-pyrrole nitrogens is 1. The van der Waals surface area contributed by atoms with E-state index in [1.54, 1.807) is 11.3 Å². The first-order chi connectivity index (χ1) is 8.09. The van der Waals surface area contributed by atoms with Crippen LogP contribution in [0.5, 0.6) is 5.88 Å². The fourth-order valence-electron chi connectivity index (χ4n) is 1.54. The normalized spacial score (nSPS) is 10.6. The van der Waals surface area contributed by atoms with Crippen molar-refractivity contribution in [3.8, 4) is 5.88 Å². The summed E-state index contributed by atoms with van der Waals surface area (Å²) in [5.41, 5.74) is 0.146. The van der Waals surface area contributed by atoms with E-state index in [1.807, 2.05) is 16.8 Å². The van der Waals surface area contributed by atoms with Gasteiger partial charge >= 0.3 is 5.69 Å². The summed E-state index contributed by atoms with van der Waals surface area (Å²) in [4.78, 5) is 24.9. The van der Waals surface area contributed by atoms with Gasteiger partial charge in [-0.1, -0.05) is 0 Å². The van der Waals surface area contributed by atoms with Crippen molar-refractivity contribution in [2.45, 2.75) is 19.9 Å². The number of hydrogen-bond donors (Lipinski definition) is 2. The molecule has 0 amide bonds. The van der Waals surface area contributed by atoms with Crippen LogP contribution in [0.2, 0.25) is 0 Å². The highest BCUT2D eigenvalue weighted by Gasteiger charge is 2.09. The first-order valence-electron chi connectivity index (χ1n) is 5.13. The number of nitrogens with zero attached hydrogens (tertiary/aromatic N) is 1. The second-order valence-electron chi connectivity index (χ2n) is 3.74. The van der Waals surface area contributed by atoms with Crippen LogP contribution in [0.25, 0.3) is 0 Å². The second-order valence-corrected chi connectivity index (χ2v) is 4.52. The number of nitrogens with one attached hydrogen (secondary N) is 1. The summed E-state index contributed by atoms with van der Waals surface area (Å²) < 4.78 is 1.18. The zero-order valence-corrected chi connectivity index (χ0v) is 10.1. The van der Waals surface area contributed by atoms with Gasteiger partial charge in [0.15, 0.2) is 0 Å². The molecule has 0 aliphatic heterocycles. The predicted octanol–water partition coefficient (Wildman–Crippen LogP) is 0.855. The van der Waals surface area contributed by atoms with Crippen molar-refractivity contribution in [1.29, 1.82) is 0 Å². The van der Waals surface area contributed by atoms with Crippen molar-refractivity contribution < 1.29 is 5.11 Å². The molecule has 0 radical (unpaired) electrons. The Kier molecular flexibility index (Phi) is 3.14. The number of aryl methyl sites for hydroxylation is 1. The Morgan fingerprint density at radius 1 is 1.47 bits per heavy atom. The van der Waals surface area contributed by atoms with Gasteiger partial charge in [0, 0.05) is 6.54 Å². The highest BCUT2D eigenvalue weighted by atomic mass is 32.1. The van der Waals surface area contributed by atoms with E-state index in [9.17, 15) is 14.7 Å². The lowest BCUT2D eigenvalue weighted by molar-refractivity contribution is 0.395. The Labute approximate surface area is 101 Å². The van der Waals surface area contributed by atoms with Gasteiger partial charge in [0.1, 0.15) is 0 Å². The Bertz CT molecular complexity index is 625. The van der Waals surface area contributed by atoms with Gasteiger partial charge in [-0.25, -0.2) is 4.79 Å². The maximum Gasteiger partial charge on any atom is 0.331 e. The minimum absolute atomic E-state index is 0.162. The second kappa shape index (κ2) is 4.58. The smallest absolute Gasteiger partial charge is 0.331 e. The van der Waals surface area contributed by atoms with E-state index in [4.69, 9.17) is 0 Å². The molecule has 2 aromatic rings. The molecule has 0 aliphatic rings. The molecule has 0 saturated heterocycles. The van der Waals surface area contributed by atoms with Crippen LogP contribution in [0.15, 0.2) is 26.4 Å². The van der Waals surface area contributed by atoms with Gasteiger partial charge in [-0.05, 0) is 35.7 Å². The average Bonchev–Trinajstić information content (AvgIpc) is 2.79. The SMILES string of the molecule is Cc1c(O)n(CCc2ccsc2)c(=O)[nH]c1=O. The van der Waals surface area contributed by atoms with Crippen molar-refractivity contribution >= 4 is 11.3 Å². The topological polar surface area (TPSA) is 75.1 Å². The standard InChI is InChI=1S/C11H12N2O3S/c1-7-9(14)12-11(16)13(10(7)15)4-2-8-3-5-17-6-8/h3,5-6,15H,2,4H2,1H3,(H,12,14,16). The number of thiophene rings is 1. The van der Waals surface area contributed by atoms with Crippen LogP contribution in [0, 0.1) is 6.92 Å². The van der Waals surface area contributed by atoms with E-state index >= 15 is 0 Å². The predicted molar refractivity (Wildman–Crippen MR) is 65.7 cm³/mol. The summed E-state index contributed by atoms with van der Waals surface area (Å²) in [6, 6.07) is 1.96. The molecule has 0 bridgehead atoms. The first-order valence-corrected chi connectivity index (χ1v) is 6.07. The summed E-state index contributed by atoms with van der Waals surface area (Å²) in [6.07, 6.45) is 0.641. The van der Waals surface area contributed by atoms with Gasteiger partial charge in [0.25, 0.3) is 5.56 Å². The van der Waals surface area contributed by atoms with Crippen molar-refractivity contribution in [1.82, 2.24) is 9.55 Å². The van der Waals surface area contributed by atoms with Gasteiger partial charge in [-0.15, -0.1) is 0 Å². The number of aromatic nitrogens is 2. The lowest BCUT2D eigenvalue weighted by Crippen LogP contribution is -2.31. The Balaban J connectivity index is 2.30. The number of aromatic hydroxyl groups is 1. The average molecular weight is 252 g/mol. The summed E-state index contributed by atoms with van der Waals surface area (Å²) in [6.45, 7) is 1.83. The first kappa shape index (κ1) is 11.7. The summed E-state index contributed by atoms with van der Waals surface area (Å²) >= 11 is 1.58. The van der Waals surface area contributed by atoms with Crippen LogP contribution < -0.4 is 11.2 Å². The number of aromatic amines is 1. The van der Waals surface area contributed by atoms with Crippen molar-refractivity contribution in [2.24, 2.45) is 0 Å². The Morgan fingerprint density at radius 2 is 2.24 bits per heavy atom. The van der Waals surface area contributed by atoms with E-state index in [2.05, 4.69) is 4.98 Å². The largest absolute Gasteiger partial charge is 0.494 e. The summed E-state index contributed by atoms with van der Waals surface area (Å²) in [5.74, 6) is -0.256. The van der Waals surface area contributed by atoms with Crippen LogP contribution in [-0.2, 0) is 13.0 Å². The minimum atomic E-state index is -0.576. The van der Waals surface area contributed by atoms with Crippen LogP contribution in [0.3, 0.4) is 0 Å². The Morgan fingerprint density at radius 3 is 2.88 bits per heavy atom. The fraction of sp³-hybridized carbons (Fsp3) is 0.273. The van der Waals surface area contributed by atoms with Crippen molar-refractivity contribution in [2.75, 3.05) is 0 Å².